The van der Waals surface area contributed by atoms with E-state index in [1.165, 1.54) is 11.8 Å². The van der Waals surface area contributed by atoms with Crippen molar-refractivity contribution in [3.8, 4) is 0 Å². The quantitative estimate of drug-likeness (QED) is 0.441. The Morgan fingerprint density at radius 3 is 2.64 bits per heavy atom. The van der Waals surface area contributed by atoms with Crippen molar-refractivity contribution in [2.45, 2.75) is 25.2 Å². The van der Waals surface area contributed by atoms with E-state index >= 15 is 0 Å². The standard InChI is InChI=1S/C19H19BrClN5OS/c1-2-26-17(11-22-14-9-7-13(21)8-10-14)24-25-19(26)28-12-18(27)23-16-6-4-3-5-15(16)20/h3-10,22H,2,11-12H2,1H3,(H,23,27). The van der Waals surface area contributed by atoms with E-state index in [1.54, 1.807) is 0 Å². The van der Waals surface area contributed by atoms with Gasteiger partial charge in [0.15, 0.2) is 11.0 Å². The molecule has 9 heteroatoms. The molecule has 0 unspecified atom stereocenters. The van der Waals surface area contributed by atoms with Crippen LogP contribution in [0.5, 0.6) is 0 Å². The first-order valence-corrected chi connectivity index (χ1v) is 10.8. The van der Waals surface area contributed by atoms with Crippen LogP contribution in [-0.2, 0) is 17.9 Å². The lowest BCUT2D eigenvalue weighted by Crippen LogP contribution is -2.15. The monoisotopic (exact) mass is 479 g/mol. The Balaban J connectivity index is 1.58. The first-order chi connectivity index (χ1) is 13.6. The summed E-state index contributed by atoms with van der Waals surface area (Å²) in [4.78, 5) is 12.2. The number of amides is 1. The average molecular weight is 481 g/mol. The summed E-state index contributed by atoms with van der Waals surface area (Å²) in [7, 11) is 0. The van der Waals surface area contributed by atoms with Gasteiger partial charge in [0, 0.05) is 21.7 Å². The van der Waals surface area contributed by atoms with Crippen LogP contribution >= 0.6 is 39.3 Å². The fraction of sp³-hybridized carbons (Fsp3) is 0.211. The second-order valence-corrected chi connectivity index (χ2v) is 8.05. The van der Waals surface area contributed by atoms with Gasteiger partial charge in [0.2, 0.25) is 5.91 Å². The first kappa shape index (κ1) is 20.7. The van der Waals surface area contributed by atoms with Crippen LogP contribution in [-0.4, -0.2) is 26.4 Å². The number of carbonyl (C=O) groups is 1. The van der Waals surface area contributed by atoms with Crippen LogP contribution in [0, 0.1) is 0 Å². The van der Waals surface area contributed by atoms with E-state index in [0.29, 0.717) is 11.6 Å². The van der Waals surface area contributed by atoms with E-state index in [0.717, 1.165) is 33.4 Å². The minimum Gasteiger partial charge on any atom is -0.378 e. The van der Waals surface area contributed by atoms with Crippen molar-refractivity contribution in [1.82, 2.24) is 14.8 Å². The maximum absolute atomic E-state index is 12.2. The minimum absolute atomic E-state index is 0.0941. The topological polar surface area (TPSA) is 71.8 Å². The number of nitrogens with one attached hydrogen (secondary N) is 2. The van der Waals surface area contributed by atoms with Gasteiger partial charge in [0.05, 0.1) is 18.0 Å². The molecule has 1 amide bonds. The van der Waals surface area contributed by atoms with Crippen LogP contribution in [0.4, 0.5) is 11.4 Å². The highest BCUT2D eigenvalue weighted by atomic mass is 79.9. The number of rotatable bonds is 8. The van der Waals surface area contributed by atoms with Crippen LogP contribution in [0.15, 0.2) is 58.2 Å². The normalized spacial score (nSPS) is 10.7. The number of halogens is 2. The highest BCUT2D eigenvalue weighted by Crippen LogP contribution is 2.23. The summed E-state index contributed by atoms with van der Waals surface area (Å²) >= 11 is 10.7. The predicted molar refractivity (Wildman–Crippen MR) is 118 cm³/mol. The maximum Gasteiger partial charge on any atom is 0.234 e. The molecule has 2 aromatic carbocycles. The second-order valence-electron chi connectivity index (χ2n) is 5.82. The molecule has 1 aromatic heterocycles. The number of nitrogens with zero attached hydrogens (tertiary/aromatic N) is 3. The van der Waals surface area contributed by atoms with Gasteiger partial charge in [-0.2, -0.15) is 0 Å². The summed E-state index contributed by atoms with van der Waals surface area (Å²) in [5.74, 6) is 0.971. The predicted octanol–water partition coefficient (Wildman–Crippen LogP) is 5.06. The number of hydrogen-bond donors (Lipinski definition) is 2. The number of benzene rings is 2. The largest absolute Gasteiger partial charge is 0.378 e. The molecule has 1 heterocycles. The van der Waals surface area contributed by atoms with E-state index in [-0.39, 0.29) is 11.7 Å². The molecule has 0 radical (unpaired) electrons. The Bertz CT molecular complexity index is 948. The second kappa shape index (κ2) is 9.95. The molecule has 0 saturated heterocycles. The Morgan fingerprint density at radius 1 is 1.18 bits per heavy atom. The molecule has 146 valence electrons. The Morgan fingerprint density at radius 2 is 1.93 bits per heavy atom. The molecule has 0 aliphatic rings. The molecule has 0 aliphatic carbocycles. The van der Waals surface area contributed by atoms with E-state index in [4.69, 9.17) is 11.6 Å². The number of hydrogen-bond acceptors (Lipinski definition) is 5. The summed E-state index contributed by atoms with van der Waals surface area (Å²) in [6.07, 6.45) is 0. The van der Waals surface area contributed by atoms with Gasteiger partial charge in [-0.1, -0.05) is 35.5 Å². The number of thioether (sulfide) groups is 1. The van der Waals surface area contributed by atoms with Crippen LogP contribution in [0.1, 0.15) is 12.7 Å². The van der Waals surface area contributed by atoms with Gasteiger partial charge >= 0.3 is 0 Å². The minimum atomic E-state index is -0.0941. The molecule has 3 aromatic rings. The summed E-state index contributed by atoms with van der Waals surface area (Å²) in [6, 6.07) is 15.0. The van der Waals surface area contributed by atoms with Crippen LogP contribution < -0.4 is 10.6 Å². The Hall–Kier alpha value is -2.03. The van der Waals surface area contributed by atoms with Gasteiger partial charge in [0.1, 0.15) is 0 Å². The van der Waals surface area contributed by atoms with E-state index < -0.39 is 0 Å². The molecule has 2 N–H and O–H groups in total. The Kier molecular flexibility index (Phi) is 7.36. The average Bonchev–Trinajstić information content (AvgIpc) is 3.09. The lowest BCUT2D eigenvalue weighted by atomic mass is 10.3. The van der Waals surface area contributed by atoms with Crippen molar-refractivity contribution in [3.05, 3.63) is 63.9 Å². The van der Waals surface area contributed by atoms with Crippen LogP contribution in [0.25, 0.3) is 0 Å². The number of aromatic nitrogens is 3. The van der Waals surface area contributed by atoms with Gasteiger partial charge in [-0.05, 0) is 59.3 Å². The van der Waals surface area contributed by atoms with Crippen molar-refractivity contribution in [2.24, 2.45) is 0 Å². The number of anilines is 2. The zero-order valence-electron chi connectivity index (χ0n) is 15.2. The molecule has 0 aliphatic heterocycles. The Labute approximate surface area is 181 Å². The fourth-order valence-electron chi connectivity index (χ4n) is 2.50. The fourth-order valence-corrected chi connectivity index (χ4v) is 3.83. The van der Waals surface area contributed by atoms with Crippen molar-refractivity contribution in [3.63, 3.8) is 0 Å². The lowest BCUT2D eigenvalue weighted by Gasteiger charge is -2.10. The third kappa shape index (κ3) is 5.50. The maximum atomic E-state index is 12.2. The van der Waals surface area contributed by atoms with Crippen molar-refractivity contribution < 1.29 is 4.79 Å². The summed E-state index contributed by atoms with van der Waals surface area (Å²) < 4.78 is 2.85. The van der Waals surface area contributed by atoms with Crippen molar-refractivity contribution >= 4 is 56.6 Å². The molecule has 0 saturated carbocycles. The van der Waals surface area contributed by atoms with Gasteiger partial charge in [-0.15, -0.1) is 10.2 Å². The molecule has 0 bridgehead atoms. The smallest absolute Gasteiger partial charge is 0.234 e. The first-order valence-electron chi connectivity index (χ1n) is 8.65. The third-order valence-electron chi connectivity index (χ3n) is 3.88. The van der Waals surface area contributed by atoms with Gasteiger partial charge in [-0.3, -0.25) is 4.79 Å². The zero-order chi connectivity index (χ0) is 19.9. The molecular weight excluding hydrogens is 462 g/mol. The molecule has 3 rings (SSSR count). The van der Waals surface area contributed by atoms with Crippen LogP contribution in [0.2, 0.25) is 5.02 Å². The molecule has 0 spiro atoms. The van der Waals surface area contributed by atoms with Crippen molar-refractivity contribution in [1.29, 1.82) is 0 Å². The number of para-hydroxylation sites is 1. The molecule has 28 heavy (non-hydrogen) atoms. The van der Waals surface area contributed by atoms with Gasteiger partial charge in [0.25, 0.3) is 0 Å². The van der Waals surface area contributed by atoms with E-state index in [1.807, 2.05) is 60.0 Å². The van der Waals surface area contributed by atoms with E-state index in [9.17, 15) is 4.79 Å². The SMILES string of the molecule is CCn1c(CNc2ccc(Cl)cc2)nnc1SCC(=O)Nc1ccccc1Br. The molecule has 6 nitrogen and oxygen atoms in total. The summed E-state index contributed by atoms with van der Waals surface area (Å²) in [6.45, 7) is 3.28. The highest BCUT2D eigenvalue weighted by molar-refractivity contribution is 9.10. The van der Waals surface area contributed by atoms with Gasteiger partial charge < -0.3 is 15.2 Å². The molecular formula is C19H19BrClN5OS. The van der Waals surface area contributed by atoms with Crippen molar-refractivity contribution in [2.75, 3.05) is 16.4 Å². The van der Waals surface area contributed by atoms with E-state index in [2.05, 4.69) is 36.8 Å². The molecule has 0 atom stereocenters. The molecule has 0 fully saturated rings. The summed E-state index contributed by atoms with van der Waals surface area (Å²) in [5.41, 5.74) is 1.70. The lowest BCUT2D eigenvalue weighted by molar-refractivity contribution is -0.113. The summed E-state index contributed by atoms with van der Waals surface area (Å²) in [5, 5.41) is 16.1. The van der Waals surface area contributed by atoms with Gasteiger partial charge in [-0.25, -0.2) is 0 Å². The third-order valence-corrected chi connectivity index (χ3v) is 5.80. The van der Waals surface area contributed by atoms with Crippen LogP contribution in [0.3, 0.4) is 0 Å². The highest BCUT2D eigenvalue weighted by Gasteiger charge is 2.13. The number of carbonyl (C=O) groups excluding carboxylic acids is 1. The zero-order valence-corrected chi connectivity index (χ0v) is 18.3.